The van der Waals surface area contributed by atoms with E-state index in [-0.39, 0.29) is 23.9 Å². The van der Waals surface area contributed by atoms with Crippen molar-refractivity contribution in [3.05, 3.63) is 59.7 Å². The third kappa shape index (κ3) is 6.99. The number of esters is 1. The minimum Gasteiger partial charge on any atom is -0.496 e. The van der Waals surface area contributed by atoms with Crippen LogP contribution in [0.15, 0.2) is 48.5 Å². The van der Waals surface area contributed by atoms with Crippen LogP contribution in [0.25, 0.3) is 0 Å². The number of carbonyl (C=O) groups is 2. The summed E-state index contributed by atoms with van der Waals surface area (Å²) in [6.45, 7) is 4.05. The van der Waals surface area contributed by atoms with Gasteiger partial charge in [-0.05, 0) is 30.0 Å². The summed E-state index contributed by atoms with van der Waals surface area (Å²) < 4.78 is 24.2. The molecule has 0 aliphatic heterocycles. The molecule has 0 heterocycles. The quantitative estimate of drug-likeness (QED) is 0.258. The van der Waals surface area contributed by atoms with E-state index in [0.29, 0.717) is 17.9 Å². The average molecular weight is 419 g/mol. The van der Waals surface area contributed by atoms with E-state index in [1.807, 2.05) is 44.2 Å². The van der Waals surface area contributed by atoms with Gasteiger partial charge in [-0.25, -0.2) is 0 Å². The van der Waals surface area contributed by atoms with Gasteiger partial charge in [0.1, 0.15) is 29.6 Å². The molecule has 6 nitrogen and oxygen atoms in total. The van der Waals surface area contributed by atoms with Crippen molar-refractivity contribution in [1.82, 2.24) is 0 Å². The number of ketones is 1. The van der Waals surface area contributed by atoms with Gasteiger partial charge in [0.15, 0.2) is 5.78 Å². The van der Waals surface area contributed by atoms with Crippen LogP contribution in [0.2, 0.25) is 0 Å². The first kappa shape index (κ1) is 24.3. The largest absolute Gasteiger partial charge is 0.496 e. The number of hydrogen-bond donors (Lipinski definition) is 0. The number of benzene rings is 2. The highest BCUT2D eigenvalue weighted by Crippen LogP contribution is 2.32. The molecule has 2 aromatic rings. The second-order valence-corrected chi connectivity index (χ2v) is 6.68. The topological polar surface area (TPSA) is 78.9 Å². The maximum Gasteiger partial charge on any atom is 0.317 e. The van der Waals surface area contributed by atoms with Gasteiger partial charge in [0.2, 0.25) is 0 Å². The lowest BCUT2D eigenvalue weighted by Crippen LogP contribution is -2.28. The molecule has 0 amide bonds. The zero-order chi connectivity index (χ0) is 21.8. The monoisotopic (exact) mass is 419 g/mol. The highest BCUT2D eigenvalue weighted by molar-refractivity contribution is 7.00. The minimum atomic E-state index is -0.918. The van der Waals surface area contributed by atoms with Crippen LogP contribution < -0.4 is 9.47 Å². The van der Waals surface area contributed by atoms with Crippen LogP contribution in [-0.2, 0) is 20.7 Å². The molecular formula is C22H28O6P+. The zero-order valence-corrected chi connectivity index (χ0v) is 18.4. The Hall–Kier alpha value is -2.72. The van der Waals surface area contributed by atoms with Gasteiger partial charge in [-0.15, -0.1) is 0 Å². The Morgan fingerprint density at radius 2 is 1.45 bits per heavy atom. The lowest BCUT2D eigenvalue weighted by molar-refractivity contribution is -0.148. The predicted molar refractivity (Wildman–Crippen MR) is 113 cm³/mol. The number of hydrogen-bond acceptors (Lipinski definition) is 6. The Bertz CT molecular complexity index is 769. The maximum absolute atomic E-state index is 13.2. The van der Waals surface area contributed by atoms with Crippen LogP contribution in [0.1, 0.15) is 36.2 Å². The van der Waals surface area contributed by atoms with Crippen molar-refractivity contribution in [2.24, 2.45) is 11.8 Å². The van der Waals surface area contributed by atoms with E-state index in [2.05, 4.69) is 0 Å². The number of Topliss-reactive ketones (excluding diaryl/α,β-unsaturated/α-hetero) is 1. The fraction of sp³-hybridized carbons (Fsp3) is 0.364. The molecule has 0 bridgehead atoms. The fourth-order valence-electron chi connectivity index (χ4n) is 2.88. The highest BCUT2D eigenvalue weighted by Gasteiger charge is 2.33. The van der Waals surface area contributed by atoms with Crippen LogP contribution in [-0.4, -0.2) is 26.0 Å². The maximum atomic E-state index is 13.2. The second-order valence-electron chi connectivity index (χ2n) is 6.68. The van der Waals surface area contributed by atoms with Crippen LogP contribution in [0.4, 0.5) is 0 Å². The Morgan fingerprint density at radius 3 is 1.93 bits per heavy atom. The molecule has 0 saturated heterocycles. The van der Waals surface area contributed by atoms with Gasteiger partial charge in [-0.2, -0.15) is 0 Å². The van der Waals surface area contributed by atoms with Crippen molar-refractivity contribution >= 4 is 20.9 Å². The van der Waals surface area contributed by atoms with Crippen molar-refractivity contribution in [2.45, 2.75) is 26.9 Å². The van der Waals surface area contributed by atoms with E-state index in [1.165, 1.54) is 23.3 Å². The number of ether oxygens (including phenoxy) is 3. The Balaban J connectivity index is 0.00000204. The van der Waals surface area contributed by atoms with Crippen molar-refractivity contribution < 1.29 is 28.4 Å². The lowest BCUT2D eigenvalue weighted by Gasteiger charge is -2.19. The van der Waals surface area contributed by atoms with E-state index in [1.54, 1.807) is 18.2 Å². The molecule has 0 spiro atoms. The summed E-state index contributed by atoms with van der Waals surface area (Å²) in [6.07, 6.45) is 0.383. The van der Waals surface area contributed by atoms with Gasteiger partial charge in [-0.1, -0.05) is 54.8 Å². The van der Waals surface area contributed by atoms with Crippen molar-refractivity contribution in [3.8, 4) is 11.5 Å². The summed E-state index contributed by atoms with van der Waals surface area (Å²) in [7, 11) is 4.13. The number of rotatable bonds is 9. The molecule has 0 fully saturated rings. The first-order valence-corrected chi connectivity index (χ1v) is 9.64. The summed E-state index contributed by atoms with van der Waals surface area (Å²) in [5, 5.41) is 0. The zero-order valence-electron chi connectivity index (χ0n) is 17.2. The van der Waals surface area contributed by atoms with E-state index < -0.39 is 11.9 Å². The standard InChI is InChI=1S/C22H26O5.H2OP/c1-15(2)13-17(22(24)27-14-16-9-6-5-7-10-16)21(23)20-18(25-3)11-8-12-19(20)26-4;1-2/h5-12,15,17H,13-14H2,1-4H3;2H2/q;+1. The summed E-state index contributed by atoms with van der Waals surface area (Å²) >= 11 is 0. The van der Waals surface area contributed by atoms with Crippen LogP contribution in [0.3, 0.4) is 0 Å². The molecule has 29 heavy (non-hydrogen) atoms. The molecular weight excluding hydrogens is 391 g/mol. The molecule has 7 heteroatoms. The molecule has 0 N–H and O–H groups in total. The minimum absolute atomic E-state index is 0.130. The first-order chi connectivity index (χ1) is 14.0. The summed E-state index contributed by atoms with van der Waals surface area (Å²) in [5.41, 5.74) is 1.14. The smallest absolute Gasteiger partial charge is 0.317 e. The van der Waals surface area contributed by atoms with E-state index in [9.17, 15) is 9.59 Å². The van der Waals surface area contributed by atoms with E-state index in [4.69, 9.17) is 18.8 Å². The van der Waals surface area contributed by atoms with Crippen LogP contribution >= 0.6 is 9.12 Å². The molecule has 2 rings (SSSR count). The third-order valence-corrected chi connectivity index (χ3v) is 4.21. The highest BCUT2D eigenvalue weighted by atomic mass is 31.0. The Labute approximate surface area is 173 Å². The molecule has 2 unspecified atom stereocenters. The van der Waals surface area contributed by atoms with Gasteiger partial charge in [0, 0.05) is 0 Å². The molecule has 0 saturated carbocycles. The molecule has 0 aromatic heterocycles. The molecule has 156 valence electrons. The van der Waals surface area contributed by atoms with Gasteiger partial charge in [0.25, 0.3) is 0 Å². The second kappa shape index (κ2) is 12.7. The third-order valence-electron chi connectivity index (χ3n) is 4.21. The van der Waals surface area contributed by atoms with Gasteiger partial charge < -0.3 is 14.2 Å². The van der Waals surface area contributed by atoms with Crippen LogP contribution in [0, 0.1) is 11.8 Å². The first-order valence-electron chi connectivity index (χ1n) is 9.17. The van der Waals surface area contributed by atoms with Crippen molar-refractivity contribution in [3.63, 3.8) is 0 Å². The molecule has 2 aromatic carbocycles. The Morgan fingerprint density at radius 1 is 0.897 bits per heavy atom. The summed E-state index contributed by atoms with van der Waals surface area (Å²) in [4.78, 5) is 26.0. The molecule has 0 radical (unpaired) electrons. The average Bonchev–Trinajstić information content (AvgIpc) is 2.76. The van der Waals surface area contributed by atoms with E-state index in [0.717, 1.165) is 5.56 Å². The summed E-state index contributed by atoms with van der Waals surface area (Å²) in [6, 6.07) is 14.5. The Kier molecular flexibility index (Phi) is 10.6. The normalized spacial score (nSPS) is 11.1. The van der Waals surface area contributed by atoms with Gasteiger partial charge >= 0.3 is 15.1 Å². The van der Waals surface area contributed by atoms with Gasteiger partial charge in [0.05, 0.1) is 14.2 Å². The van der Waals surface area contributed by atoms with E-state index >= 15 is 0 Å². The van der Waals surface area contributed by atoms with Gasteiger partial charge in [-0.3, -0.25) is 9.59 Å². The van der Waals surface area contributed by atoms with Crippen molar-refractivity contribution in [1.29, 1.82) is 0 Å². The fourth-order valence-corrected chi connectivity index (χ4v) is 2.88. The molecule has 2 atom stereocenters. The number of carbonyl (C=O) groups excluding carboxylic acids is 2. The molecule has 0 aliphatic rings. The van der Waals surface area contributed by atoms with Crippen molar-refractivity contribution in [2.75, 3.05) is 14.2 Å². The predicted octanol–water partition coefficient (Wildman–Crippen LogP) is 4.50. The molecule has 0 aliphatic carbocycles. The lowest BCUT2D eigenvalue weighted by atomic mass is 9.89. The number of methoxy groups -OCH3 is 2. The van der Waals surface area contributed by atoms with Crippen LogP contribution in [0.5, 0.6) is 11.5 Å². The SMILES string of the molecule is COc1cccc(OC)c1C(=O)C(CC(C)C)C(=O)OCc1ccccc1.O=[PH2+]. The summed E-state index contributed by atoms with van der Waals surface area (Å²) in [5.74, 6) is -0.905.